The first kappa shape index (κ1) is 14.5. The summed E-state index contributed by atoms with van der Waals surface area (Å²) in [4.78, 5) is 0. The molecule has 0 radical (unpaired) electrons. The van der Waals surface area contributed by atoms with E-state index in [0.717, 1.165) is 25.7 Å². The largest absolute Gasteiger partial charge is 0.447 e. The second-order valence-corrected chi connectivity index (χ2v) is 6.65. The van der Waals surface area contributed by atoms with Gasteiger partial charge in [0.1, 0.15) is 5.76 Å². The van der Waals surface area contributed by atoms with Gasteiger partial charge < -0.3 is 14.8 Å². The van der Waals surface area contributed by atoms with Gasteiger partial charge in [0.15, 0.2) is 0 Å². The Kier molecular flexibility index (Phi) is 4.29. The normalized spacial score (nSPS) is 19.5. The molecule has 0 saturated heterocycles. The van der Waals surface area contributed by atoms with Crippen LogP contribution in [0.2, 0.25) is 0 Å². The zero-order valence-corrected chi connectivity index (χ0v) is 11.6. The number of nitrogens with two attached hydrogens (primary N) is 1. The minimum absolute atomic E-state index is 0.235. The highest BCUT2D eigenvalue weighted by atomic mass is 32.2. The van der Waals surface area contributed by atoms with Crippen LogP contribution in [-0.2, 0) is 16.6 Å². The maximum absolute atomic E-state index is 11.0. The standard InChI is InChI=1S/C12H20N2O4S/c13-19(16,17)11-5-4-10(18-11)8-14-9-12(15)6-2-1-3-7-12/h4-5,14-15H,1-3,6-9H2,(H2,13,16,17). The average Bonchev–Trinajstić information content (AvgIpc) is 2.78. The van der Waals surface area contributed by atoms with Crippen molar-refractivity contribution in [2.24, 2.45) is 5.14 Å². The predicted octanol–water partition coefficient (Wildman–Crippen LogP) is 0.712. The third-order valence-electron chi connectivity index (χ3n) is 3.45. The lowest BCUT2D eigenvalue weighted by atomic mass is 9.85. The van der Waals surface area contributed by atoms with Crippen molar-refractivity contribution in [3.8, 4) is 0 Å². The SMILES string of the molecule is NS(=O)(=O)c1ccc(CNCC2(O)CCCCC2)o1. The lowest BCUT2D eigenvalue weighted by molar-refractivity contribution is 0.00433. The molecule has 1 fully saturated rings. The molecule has 0 amide bonds. The molecule has 4 N–H and O–H groups in total. The van der Waals surface area contributed by atoms with Crippen molar-refractivity contribution in [3.05, 3.63) is 17.9 Å². The van der Waals surface area contributed by atoms with Gasteiger partial charge in [-0.15, -0.1) is 0 Å². The molecule has 0 aliphatic heterocycles. The van der Waals surface area contributed by atoms with Gasteiger partial charge in [0.25, 0.3) is 10.0 Å². The number of sulfonamides is 1. The zero-order chi connectivity index (χ0) is 13.9. The van der Waals surface area contributed by atoms with Crippen LogP contribution < -0.4 is 10.5 Å². The maximum atomic E-state index is 11.0. The van der Waals surface area contributed by atoms with Gasteiger partial charge in [0, 0.05) is 6.54 Å². The van der Waals surface area contributed by atoms with Crippen LogP contribution in [0.15, 0.2) is 21.6 Å². The molecule has 0 atom stereocenters. The summed E-state index contributed by atoms with van der Waals surface area (Å²) in [6, 6.07) is 2.90. The fraction of sp³-hybridized carbons (Fsp3) is 0.667. The highest BCUT2D eigenvalue weighted by Crippen LogP contribution is 2.27. The summed E-state index contributed by atoms with van der Waals surface area (Å²) in [6.45, 7) is 0.857. The molecular formula is C12H20N2O4S. The molecule has 1 heterocycles. The van der Waals surface area contributed by atoms with Crippen molar-refractivity contribution < 1.29 is 17.9 Å². The Morgan fingerprint density at radius 3 is 2.58 bits per heavy atom. The Hall–Kier alpha value is -0.890. The minimum Gasteiger partial charge on any atom is -0.447 e. The zero-order valence-electron chi connectivity index (χ0n) is 10.8. The molecule has 0 aromatic carbocycles. The van der Waals surface area contributed by atoms with Crippen molar-refractivity contribution in [1.29, 1.82) is 0 Å². The highest BCUT2D eigenvalue weighted by molar-refractivity contribution is 7.89. The van der Waals surface area contributed by atoms with Gasteiger partial charge in [-0.2, -0.15) is 0 Å². The Morgan fingerprint density at radius 2 is 2.00 bits per heavy atom. The fourth-order valence-electron chi connectivity index (χ4n) is 2.41. The fourth-order valence-corrected chi connectivity index (χ4v) is 2.89. The lowest BCUT2D eigenvalue weighted by Crippen LogP contribution is -2.41. The van der Waals surface area contributed by atoms with Crippen molar-refractivity contribution in [3.63, 3.8) is 0 Å². The number of primary sulfonamides is 1. The van der Waals surface area contributed by atoms with Gasteiger partial charge in [-0.25, -0.2) is 13.6 Å². The Morgan fingerprint density at radius 1 is 1.32 bits per heavy atom. The molecule has 0 spiro atoms. The molecule has 1 aromatic heterocycles. The first-order valence-corrected chi connectivity index (χ1v) is 7.98. The van der Waals surface area contributed by atoms with Gasteiger partial charge in [-0.3, -0.25) is 0 Å². The number of nitrogens with one attached hydrogen (secondary N) is 1. The smallest absolute Gasteiger partial charge is 0.271 e. The Bertz CT molecular complexity index is 518. The quantitative estimate of drug-likeness (QED) is 0.740. The van der Waals surface area contributed by atoms with Crippen LogP contribution >= 0.6 is 0 Å². The molecule has 2 rings (SSSR count). The van der Waals surface area contributed by atoms with Crippen molar-refractivity contribution in [2.45, 2.75) is 49.3 Å². The van der Waals surface area contributed by atoms with E-state index in [1.54, 1.807) is 6.07 Å². The van der Waals surface area contributed by atoms with Gasteiger partial charge in [-0.1, -0.05) is 19.3 Å². The van der Waals surface area contributed by atoms with Gasteiger partial charge >= 0.3 is 0 Å². The van der Waals surface area contributed by atoms with Crippen LogP contribution in [0.1, 0.15) is 37.9 Å². The Labute approximate surface area is 113 Å². The summed E-state index contributed by atoms with van der Waals surface area (Å²) in [5, 5.41) is 18.1. The van der Waals surface area contributed by atoms with E-state index in [9.17, 15) is 13.5 Å². The van der Waals surface area contributed by atoms with E-state index in [0.29, 0.717) is 18.8 Å². The van der Waals surface area contributed by atoms with E-state index >= 15 is 0 Å². The van der Waals surface area contributed by atoms with Crippen LogP contribution in [-0.4, -0.2) is 25.7 Å². The van der Waals surface area contributed by atoms with Gasteiger partial charge in [0.05, 0.1) is 12.1 Å². The van der Waals surface area contributed by atoms with E-state index < -0.39 is 15.6 Å². The second-order valence-electron chi connectivity index (χ2n) is 5.15. The summed E-state index contributed by atoms with van der Waals surface area (Å²) in [5.41, 5.74) is -0.645. The molecule has 6 nitrogen and oxygen atoms in total. The number of hydrogen-bond acceptors (Lipinski definition) is 5. The first-order chi connectivity index (χ1) is 8.89. The third kappa shape index (κ3) is 4.04. The van der Waals surface area contributed by atoms with Crippen molar-refractivity contribution in [2.75, 3.05) is 6.54 Å². The Balaban J connectivity index is 1.84. The third-order valence-corrected chi connectivity index (χ3v) is 4.24. The average molecular weight is 288 g/mol. The van der Waals surface area contributed by atoms with E-state index in [1.807, 2.05) is 0 Å². The molecule has 0 unspecified atom stereocenters. The molecule has 19 heavy (non-hydrogen) atoms. The maximum Gasteiger partial charge on any atom is 0.271 e. The minimum atomic E-state index is -3.78. The van der Waals surface area contributed by atoms with Crippen LogP contribution in [0.4, 0.5) is 0 Å². The summed E-state index contributed by atoms with van der Waals surface area (Å²) >= 11 is 0. The monoisotopic (exact) mass is 288 g/mol. The molecule has 108 valence electrons. The van der Waals surface area contributed by atoms with Crippen LogP contribution in [0, 0.1) is 0 Å². The molecule has 1 aliphatic rings. The lowest BCUT2D eigenvalue weighted by Gasteiger charge is -2.32. The number of aliphatic hydroxyl groups is 1. The summed E-state index contributed by atoms with van der Waals surface area (Å²) in [6.07, 6.45) is 4.89. The summed E-state index contributed by atoms with van der Waals surface area (Å²) in [7, 11) is -3.78. The van der Waals surface area contributed by atoms with Crippen LogP contribution in [0.3, 0.4) is 0 Å². The van der Waals surface area contributed by atoms with Crippen molar-refractivity contribution >= 4 is 10.0 Å². The van der Waals surface area contributed by atoms with Gasteiger partial charge in [-0.05, 0) is 25.0 Å². The van der Waals surface area contributed by atoms with E-state index in [4.69, 9.17) is 9.56 Å². The summed E-state index contributed by atoms with van der Waals surface area (Å²) < 4.78 is 27.2. The second kappa shape index (κ2) is 5.62. The number of furan rings is 1. The topological polar surface area (TPSA) is 106 Å². The van der Waals surface area contributed by atoms with E-state index in [2.05, 4.69) is 5.32 Å². The van der Waals surface area contributed by atoms with E-state index in [-0.39, 0.29) is 5.09 Å². The summed E-state index contributed by atoms with van der Waals surface area (Å²) in [5.74, 6) is 0.489. The molecule has 1 saturated carbocycles. The molecule has 0 bridgehead atoms. The molecule has 7 heteroatoms. The molecule has 1 aromatic rings. The first-order valence-electron chi connectivity index (χ1n) is 6.44. The number of hydrogen-bond donors (Lipinski definition) is 3. The molecule has 1 aliphatic carbocycles. The highest BCUT2D eigenvalue weighted by Gasteiger charge is 2.28. The van der Waals surface area contributed by atoms with Crippen LogP contribution in [0.25, 0.3) is 0 Å². The van der Waals surface area contributed by atoms with Crippen LogP contribution in [0.5, 0.6) is 0 Å². The predicted molar refractivity (Wildman–Crippen MR) is 69.8 cm³/mol. The number of rotatable bonds is 5. The molecular weight excluding hydrogens is 268 g/mol. The van der Waals surface area contributed by atoms with Gasteiger partial charge in [0.2, 0.25) is 5.09 Å². The van der Waals surface area contributed by atoms with Crippen molar-refractivity contribution in [1.82, 2.24) is 5.32 Å². The van der Waals surface area contributed by atoms with E-state index in [1.165, 1.54) is 12.5 Å².